The Labute approximate surface area is 122 Å². The number of carbonyl (C=O) groups is 1. The maximum Gasteiger partial charge on any atom is 0.254 e. The van der Waals surface area contributed by atoms with Crippen LogP contribution in [0.5, 0.6) is 5.75 Å². The van der Waals surface area contributed by atoms with Gasteiger partial charge in [-0.1, -0.05) is 24.4 Å². The van der Waals surface area contributed by atoms with Crippen LogP contribution in [0.4, 0.5) is 0 Å². The van der Waals surface area contributed by atoms with Crippen LogP contribution in [-0.2, 0) is 0 Å². The summed E-state index contributed by atoms with van der Waals surface area (Å²) < 4.78 is 5.99. The number of H-pyrrole nitrogens is 1. The maximum absolute atomic E-state index is 11.9. The van der Waals surface area contributed by atoms with Gasteiger partial charge in [0.2, 0.25) is 0 Å². The van der Waals surface area contributed by atoms with Crippen LogP contribution >= 0.6 is 12.2 Å². The highest BCUT2D eigenvalue weighted by molar-refractivity contribution is 7.71. The van der Waals surface area contributed by atoms with Crippen molar-refractivity contribution in [1.82, 2.24) is 10.3 Å². The van der Waals surface area contributed by atoms with Crippen molar-refractivity contribution in [2.75, 3.05) is 13.2 Å². The molecule has 1 aromatic carbocycles. The second kappa shape index (κ2) is 6.86. The Bertz CT molecular complexity index is 652. The first-order valence-electron chi connectivity index (χ1n) is 6.32. The minimum absolute atomic E-state index is 0.195. The number of rotatable bonds is 5. The van der Waals surface area contributed by atoms with E-state index in [2.05, 4.69) is 10.3 Å². The number of aromatic nitrogens is 1. The molecule has 0 radical (unpaired) electrons. The van der Waals surface area contributed by atoms with Gasteiger partial charge in [-0.05, 0) is 36.8 Å². The summed E-state index contributed by atoms with van der Waals surface area (Å²) in [6.45, 7) is 2.85. The molecule has 1 heterocycles. The lowest BCUT2D eigenvalue weighted by Gasteiger charge is -2.08. The van der Waals surface area contributed by atoms with Crippen LogP contribution in [0.2, 0.25) is 0 Å². The number of hydrogen-bond acceptors (Lipinski definition) is 3. The van der Waals surface area contributed by atoms with Gasteiger partial charge >= 0.3 is 0 Å². The summed E-state index contributed by atoms with van der Waals surface area (Å²) in [5.41, 5.74) is 1.61. The van der Waals surface area contributed by atoms with Gasteiger partial charge in [-0.25, -0.2) is 0 Å². The van der Waals surface area contributed by atoms with Crippen LogP contribution < -0.4 is 10.1 Å². The van der Waals surface area contributed by atoms with E-state index in [1.54, 1.807) is 18.3 Å². The molecule has 0 aliphatic rings. The van der Waals surface area contributed by atoms with Crippen LogP contribution in [0.1, 0.15) is 15.9 Å². The molecule has 1 aromatic heterocycles. The largest absolute Gasteiger partial charge is 0.492 e. The standard InChI is InChI=1S/C15H16N2O2S/c1-11-4-2-5-12(10-11)19-9-8-16-14(18)13-6-3-7-17-15(13)20/h2-7,10H,8-9H2,1H3,(H,16,18)(H,17,20). The number of ether oxygens (including phenoxy) is 1. The Morgan fingerprint density at radius 1 is 1.35 bits per heavy atom. The van der Waals surface area contributed by atoms with Gasteiger partial charge in [0.25, 0.3) is 5.91 Å². The minimum Gasteiger partial charge on any atom is -0.492 e. The lowest BCUT2D eigenvalue weighted by Crippen LogP contribution is -2.28. The molecule has 2 rings (SSSR count). The fraction of sp³-hybridized carbons (Fsp3) is 0.200. The van der Waals surface area contributed by atoms with E-state index in [0.717, 1.165) is 11.3 Å². The van der Waals surface area contributed by atoms with Gasteiger partial charge in [0.1, 0.15) is 17.0 Å². The monoisotopic (exact) mass is 288 g/mol. The first-order valence-corrected chi connectivity index (χ1v) is 6.73. The number of nitrogens with one attached hydrogen (secondary N) is 2. The van der Waals surface area contributed by atoms with E-state index in [0.29, 0.717) is 23.4 Å². The second-order valence-corrected chi connectivity index (χ2v) is 4.74. The molecule has 2 N–H and O–H groups in total. The molecule has 104 valence electrons. The van der Waals surface area contributed by atoms with Crippen molar-refractivity contribution in [3.05, 3.63) is 58.4 Å². The van der Waals surface area contributed by atoms with Crippen LogP contribution in [0.25, 0.3) is 0 Å². The van der Waals surface area contributed by atoms with E-state index in [-0.39, 0.29) is 5.91 Å². The molecule has 0 spiro atoms. The number of pyridine rings is 1. The molecule has 4 nitrogen and oxygen atoms in total. The van der Waals surface area contributed by atoms with Crippen molar-refractivity contribution >= 4 is 18.1 Å². The Kier molecular flexibility index (Phi) is 4.90. The van der Waals surface area contributed by atoms with Crippen LogP contribution in [-0.4, -0.2) is 24.0 Å². The summed E-state index contributed by atoms with van der Waals surface area (Å²) in [5, 5.41) is 2.77. The fourth-order valence-corrected chi connectivity index (χ4v) is 1.96. The molecule has 2 aromatic rings. The third kappa shape index (κ3) is 3.93. The Hall–Kier alpha value is -2.14. The topological polar surface area (TPSA) is 54.1 Å². The molecular formula is C15H16N2O2S. The molecule has 0 bridgehead atoms. The third-order valence-corrected chi connectivity index (χ3v) is 3.05. The zero-order chi connectivity index (χ0) is 14.4. The van der Waals surface area contributed by atoms with Gasteiger partial charge in [0.05, 0.1) is 12.1 Å². The SMILES string of the molecule is Cc1cccc(OCCNC(=O)c2ccc[nH]c2=S)c1. The number of hydrogen-bond donors (Lipinski definition) is 2. The van der Waals surface area contributed by atoms with Crippen molar-refractivity contribution < 1.29 is 9.53 Å². The van der Waals surface area contributed by atoms with Gasteiger partial charge in [-0.3, -0.25) is 4.79 Å². The first kappa shape index (κ1) is 14.3. The molecule has 0 atom stereocenters. The average molecular weight is 288 g/mol. The van der Waals surface area contributed by atoms with Crippen molar-refractivity contribution in [2.24, 2.45) is 0 Å². The molecule has 0 fully saturated rings. The lowest BCUT2D eigenvalue weighted by molar-refractivity contribution is 0.0946. The number of carbonyl (C=O) groups excluding carboxylic acids is 1. The quantitative estimate of drug-likeness (QED) is 0.657. The molecule has 0 saturated heterocycles. The molecule has 0 saturated carbocycles. The molecule has 0 aliphatic carbocycles. The number of amides is 1. The molecular weight excluding hydrogens is 272 g/mol. The smallest absolute Gasteiger partial charge is 0.254 e. The number of aromatic amines is 1. The van der Waals surface area contributed by atoms with Gasteiger partial charge in [0, 0.05) is 6.20 Å². The molecule has 1 amide bonds. The van der Waals surface area contributed by atoms with Crippen molar-refractivity contribution in [1.29, 1.82) is 0 Å². The summed E-state index contributed by atoms with van der Waals surface area (Å²) in [6, 6.07) is 11.2. The Morgan fingerprint density at radius 2 is 2.20 bits per heavy atom. The predicted octanol–water partition coefficient (Wildman–Crippen LogP) is 2.86. The summed E-state index contributed by atoms with van der Waals surface area (Å²) >= 11 is 5.05. The normalized spacial score (nSPS) is 10.1. The van der Waals surface area contributed by atoms with Gasteiger partial charge in [-0.15, -0.1) is 0 Å². The maximum atomic E-state index is 11.9. The van der Waals surface area contributed by atoms with Crippen LogP contribution in [0, 0.1) is 11.6 Å². The summed E-state index contributed by atoms with van der Waals surface area (Å²) in [4.78, 5) is 14.7. The lowest BCUT2D eigenvalue weighted by atomic mass is 10.2. The zero-order valence-corrected chi connectivity index (χ0v) is 12.0. The average Bonchev–Trinajstić information content (AvgIpc) is 2.44. The highest BCUT2D eigenvalue weighted by atomic mass is 32.1. The number of aryl methyl sites for hydroxylation is 1. The zero-order valence-electron chi connectivity index (χ0n) is 11.2. The van der Waals surface area contributed by atoms with Crippen LogP contribution in [0.3, 0.4) is 0 Å². The highest BCUT2D eigenvalue weighted by Crippen LogP contribution is 2.11. The van der Waals surface area contributed by atoms with E-state index < -0.39 is 0 Å². The van der Waals surface area contributed by atoms with E-state index in [1.807, 2.05) is 31.2 Å². The first-order chi connectivity index (χ1) is 9.66. The fourth-order valence-electron chi connectivity index (χ4n) is 1.73. The molecule has 0 unspecified atom stereocenters. The number of benzene rings is 1. The summed E-state index contributed by atoms with van der Waals surface area (Å²) in [6.07, 6.45) is 1.69. The second-order valence-electron chi connectivity index (χ2n) is 4.33. The molecule has 0 aliphatic heterocycles. The Morgan fingerprint density at radius 3 is 2.95 bits per heavy atom. The minimum atomic E-state index is -0.195. The van der Waals surface area contributed by atoms with Crippen LogP contribution in [0.15, 0.2) is 42.6 Å². The summed E-state index contributed by atoms with van der Waals surface area (Å²) in [5.74, 6) is 0.607. The van der Waals surface area contributed by atoms with E-state index in [9.17, 15) is 4.79 Å². The Balaban J connectivity index is 1.80. The molecule has 20 heavy (non-hydrogen) atoms. The third-order valence-electron chi connectivity index (χ3n) is 2.71. The van der Waals surface area contributed by atoms with E-state index in [4.69, 9.17) is 17.0 Å². The van der Waals surface area contributed by atoms with E-state index >= 15 is 0 Å². The van der Waals surface area contributed by atoms with Crippen molar-refractivity contribution in [3.8, 4) is 5.75 Å². The predicted molar refractivity (Wildman–Crippen MR) is 80.6 cm³/mol. The summed E-state index contributed by atoms with van der Waals surface area (Å²) in [7, 11) is 0. The highest BCUT2D eigenvalue weighted by Gasteiger charge is 2.06. The van der Waals surface area contributed by atoms with Gasteiger partial charge in [0.15, 0.2) is 0 Å². The van der Waals surface area contributed by atoms with E-state index in [1.165, 1.54) is 0 Å². The van der Waals surface area contributed by atoms with Gasteiger partial charge in [-0.2, -0.15) is 0 Å². The molecule has 5 heteroatoms. The van der Waals surface area contributed by atoms with Crippen molar-refractivity contribution in [3.63, 3.8) is 0 Å². The van der Waals surface area contributed by atoms with Crippen molar-refractivity contribution in [2.45, 2.75) is 6.92 Å². The van der Waals surface area contributed by atoms with Gasteiger partial charge < -0.3 is 15.0 Å².